The van der Waals surface area contributed by atoms with E-state index in [4.69, 9.17) is 24.3 Å². The lowest BCUT2D eigenvalue weighted by Gasteiger charge is -2.13. The van der Waals surface area contributed by atoms with E-state index in [-0.39, 0.29) is 27.2 Å². The molecule has 2 atom stereocenters. The topological polar surface area (TPSA) is 139 Å². The summed E-state index contributed by atoms with van der Waals surface area (Å²) in [5.41, 5.74) is 15.6. The summed E-state index contributed by atoms with van der Waals surface area (Å²) >= 11 is 0. The van der Waals surface area contributed by atoms with E-state index in [9.17, 15) is 9.59 Å². The summed E-state index contributed by atoms with van der Waals surface area (Å²) in [6.45, 7) is 10.1. The Balaban J connectivity index is -0.000000598. The van der Waals surface area contributed by atoms with Crippen molar-refractivity contribution < 1.29 is 21.9 Å². The fraction of sp³-hybridized carbons (Fsp3) is 0.333. The lowest BCUT2D eigenvalue weighted by atomic mass is 10.1. The first-order chi connectivity index (χ1) is 21.7. The van der Waals surface area contributed by atoms with Crippen LogP contribution in [0.3, 0.4) is 0 Å². The van der Waals surface area contributed by atoms with Crippen LogP contribution in [0.5, 0.6) is 0 Å². The summed E-state index contributed by atoms with van der Waals surface area (Å²) in [7, 11) is 2.69. The van der Waals surface area contributed by atoms with Crippen LogP contribution in [0.1, 0.15) is 34.8 Å². The Bertz CT molecular complexity index is 1510. The second-order valence-corrected chi connectivity index (χ2v) is 9.54. The Morgan fingerprint density at radius 3 is 1.39 bits per heavy atom. The molecular formula is C36H50ClN5O4. The summed E-state index contributed by atoms with van der Waals surface area (Å²) in [6, 6.07) is 14.6. The molecule has 0 saturated carbocycles. The number of hydrogen-bond donors (Lipinski definition) is 4. The van der Waals surface area contributed by atoms with Gasteiger partial charge in [-0.3, -0.25) is 9.59 Å². The molecule has 0 saturated heterocycles. The number of terminal acetylenes is 2. The van der Waals surface area contributed by atoms with Crippen molar-refractivity contribution in [3.05, 3.63) is 72.1 Å². The Morgan fingerprint density at radius 2 is 1.11 bits per heavy atom. The van der Waals surface area contributed by atoms with Gasteiger partial charge in [-0.05, 0) is 66.6 Å². The number of ether oxygens (including phenoxy) is 2. The number of carbonyl (C=O) groups excluding carboxylic acids is 2. The number of H-pyrrole nitrogens is 2. The van der Waals surface area contributed by atoms with Crippen molar-refractivity contribution in [3.63, 3.8) is 0 Å². The minimum absolute atomic E-state index is 0. The maximum atomic E-state index is 11.2. The summed E-state index contributed by atoms with van der Waals surface area (Å²) < 4.78 is 9.20. The Labute approximate surface area is 282 Å². The highest BCUT2D eigenvalue weighted by Gasteiger charge is 2.17. The third kappa shape index (κ3) is 13.9. The average Bonchev–Trinajstić information content (AvgIpc) is 3.68. The van der Waals surface area contributed by atoms with Gasteiger partial charge in [0.1, 0.15) is 12.1 Å². The molecule has 0 aliphatic heterocycles. The van der Waals surface area contributed by atoms with Gasteiger partial charge in [-0.2, -0.15) is 0 Å². The molecule has 6 N–H and O–H groups in total. The van der Waals surface area contributed by atoms with Crippen LogP contribution < -0.4 is 11.5 Å². The van der Waals surface area contributed by atoms with Gasteiger partial charge in [0.05, 0.1) is 14.2 Å². The number of benzene rings is 2. The van der Waals surface area contributed by atoms with Crippen LogP contribution in [0, 0.1) is 36.5 Å². The first-order valence-electron chi connectivity index (χ1n) is 14.6. The van der Waals surface area contributed by atoms with Crippen LogP contribution in [0.4, 0.5) is 0 Å². The Hall–Kier alpha value is -4.69. The van der Waals surface area contributed by atoms with Gasteiger partial charge in [0, 0.05) is 49.9 Å². The zero-order valence-corrected chi connectivity index (χ0v) is 28.1. The van der Waals surface area contributed by atoms with Gasteiger partial charge in [0.2, 0.25) is 0 Å². The number of halogens is 1. The zero-order valence-electron chi connectivity index (χ0n) is 27.3. The lowest BCUT2D eigenvalue weighted by molar-refractivity contribution is -0.142. The molecule has 0 aliphatic carbocycles. The number of fused-ring (bicyclic) bond motifs is 2. The van der Waals surface area contributed by atoms with Crippen LogP contribution in [-0.4, -0.2) is 72.7 Å². The van der Waals surface area contributed by atoms with E-state index >= 15 is 0 Å². The predicted molar refractivity (Wildman–Crippen MR) is 194 cm³/mol. The number of nitrogens with one attached hydrogen (secondary N) is 2. The maximum Gasteiger partial charge on any atom is 0.322 e. The van der Waals surface area contributed by atoms with Crippen molar-refractivity contribution >= 4 is 46.2 Å². The Kier molecular flexibility index (Phi) is 21.2. The van der Waals surface area contributed by atoms with E-state index < -0.39 is 12.1 Å². The smallest absolute Gasteiger partial charge is 0.322 e. The third-order valence-corrected chi connectivity index (χ3v) is 6.79. The monoisotopic (exact) mass is 651 g/mol. The van der Waals surface area contributed by atoms with Crippen molar-refractivity contribution in [2.24, 2.45) is 11.5 Å². The normalized spacial score (nSPS) is 10.7. The Morgan fingerprint density at radius 1 is 0.761 bits per heavy atom. The largest absolute Gasteiger partial charge is 0.468 e. The number of aromatic amines is 2. The van der Waals surface area contributed by atoms with Crippen LogP contribution in [0.2, 0.25) is 0 Å². The van der Waals surface area contributed by atoms with Crippen molar-refractivity contribution in [3.8, 4) is 36.5 Å². The molecule has 9 nitrogen and oxygen atoms in total. The highest BCUT2D eigenvalue weighted by Crippen LogP contribution is 2.19. The van der Waals surface area contributed by atoms with Gasteiger partial charge in [-0.25, -0.2) is 0 Å². The molecular weight excluding hydrogens is 602 g/mol. The standard InChI is InChI=1S/2C12H14N2O2.C6H15N.C6H2.ClH.2H2/c2*1-16-12(15)10(13)6-8-7-14-11-5-3-2-4-9(8)11;1-4-7(5-2)6-3;1-3-5-6-4-2;;;/h2*2-5,7,10,14H,6,13H2,1H3;4-6H2,1-3H3;1-2H;3*1H/t2*10-;;;;;/m00...../s1. The third-order valence-electron chi connectivity index (χ3n) is 6.79. The zero-order chi connectivity index (χ0) is 33.6. The van der Waals surface area contributed by atoms with Gasteiger partial charge >= 0.3 is 11.9 Å². The quantitative estimate of drug-likeness (QED) is 0.149. The SMILES string of the molecule is C#CC#CC#C.CCN(CC)CC.COC(=O)[C@@H](N)Cc1c[nH]c2ccccc12.COC(=O)[C@@H](N)Cc1c[nH]c2ccccc12.Cl.[HH].[HH]. The first kappa shape index (κ1) is 41.3. The molecule has 0 amide bonds. The van der Waals surface area contributed by atoms with Crippen LogP contribution >= 0.6 is 12.4 Å². The van der Waals surface area contributed by atoms with Crippen LogP contribution in [0.25, 0.3) is 21.8 Å². The lowest BCUT2D eigenvalue weighted by Crippen LogP contribution is -2.33. The van der Waals surface area contributed by atoms with E-state index in [1.165, 1.54) is 33.9 Å². The number of para-hydroxylation sites is 2. The molecule has 2 aromatic heterocycles. The molecule has 2 heterocycles. The summed E-state index contributed by atoms with van der Waals surface area (Å²) in [6.07, 6.45) is 14.1. The van der Waals surface area contributed by atoms with Gasteiger partial charge in [0.15, 0.2) is 0 Å². The van der Waals surface area contributed by atoms with Crippen LogP contribution in [-0.2, 0) is 31.9 Å². The van der Waals surface area contributed by atoms with Gasteiger partial charge in [-0.15, -0.1) is 25.3 Å². The molecule has 0 fully saturated rings. The molecule has 10 heteroatoms. The molecule has 4 rings (SSSR count). The molecule has 46 heavy (non-hydrogen) atoms. The molecule has 0 radical (unpaired) electrons. The second kappa shape index (κ2) is 23.7. The number of aromatic nitrogens is 2. The van der Waals surface area contributed by atoms with E-state index in [0.29, 0.717) is 12.8 Å². The highest BCUT2D eigenvalue weighted by atomic mass is 35.5. The van der Waals surface area contributed by atoms with E-state index in [1.54, 1.807) is 0 Å². The summed E-state index contributed by atoms with van der Waals surface area (Å²) in [5.74, 6) is 7.84. The van der Waals surface area contributed by atoms with Crippen molar-refractivity contribution in [1.82, 2.24) is 14.9 Å². The number of rotatable bonds is 9. The van der Waals surface area contributed by atoms with E-state index in [0.717, 1.165) is 32.9 Å². The minimum Gasteiger partial charge on any atom is -0.468 e. The molecule has 2 aromatic carbocycles. The number of esters is 2. The number of nitrogens with zero attached hydrogens (tertiary/aromatic N) is 1. The highest BCUT2D eigenvalue weighted by molar-refractivity contribution is 5.86. The first-order valence-corrected chi connectivity index (χ1v) is 14.6. The van der Waals surface area contributed by atoms with Crippen molar-refractivity contribution in [2.75, 3.05) is 33.9 Å². The molecule has 0 bridgehead atoms. The number of nitrogens with two attached hydrogens (primary N) is 2. The summed E-state index contributed by atoms with van der Waals surface area (Å²) in [4.78, 5) is 31.1. The van der Waals surface area contributed by atoms with Gasteiger partial charge in [-0.1, -0.05) is 57.2 Å². The van der Waals surface area contributed by atoms with Crippen molar-refractivity contribution in [1.29, 1.82) is 0 Å². The van der Waals surface area contributed by atoms with Gasteiger partial charge in [0.25, 0.3) is 0 Å². The molecule has 0 spiro atoms. The molecule has 4 aromatic rings. The summed E-state index contributed by atoms with van der Waals surface area (Å²) in [5, 5.41) is 2.20. The van der Waals surface area contributed by atoms with E-state index in [2.05, 4.69) is 68.8 Å². The molecule has 250 valence electrons. The van der Waals surface area contributed by atoms with E-state index in [1.807, 2.05) is 60.9 Å². The molecule has 0 aliphatic rings. The van der Waals surface area contributed by atoms with Gasteiger partial charge < -0.3 is 35.8 Å². The number of methoxy groups -OCH3 is 2. The molecule has 0 unspecified atom stereocenters. The minimum atomic E-state index is -0.607. The number of hydrogen-bond acceptors (Lipinski definition) is 7. The number of carbonyl (C=O) groups is 2. The second-order valence-electron chi connectivity index (χ2n) is 9.54. The predicted octanol–water partition coefficient (Wildman–Crippen LogP) is 4.94. The maximum absolute atomic E-state index is 11.2. The fourth-order valence-corrected chi connectivity index (χ4v) is 4.29. The fourth-order valence-electron chi connectivity index (χ4n) is 4.29. The average molecular weight is 652 g/mol. The van der Waals surface area contributed by atoms with Crippen LogP contribution in [0.15, 0.2) is 60.9 Å². The van der Waals surface area contributed by atoms with Crippen molar-refractivity contribution in [2.45, 2.75) is 45.7 Å².